The van der Waals surface area contributed by atoms with Crippen molar-refractivity contribution in [1.29, 1.82) is 0 Å². The number of anilines is 1. The van der Waals surface area contributed by atoms with E-state index < -0.39 is 0 Å². The van der Waals surface area contributed by atoms with Crippen LogP contribution >= 0.6 is 11.3 Å². The van der Waals surface area contributed by atoms with E-state index in [-0.39, 0.29) is 6.10 Å². The summed E-state index contributed by atoms with van der Waals surface area (Å²) >= 11 is 1.37. The summed E-state index contributed by atoms with van der Waals surface area (Å²) in [6.45, 7) is 6.81. The maximum absolute atomic E-state index is 5.56. The summed E-state index contributed by atoms with van der Waals surface area (Å²) in [7, 11) is 0. The molecule has 0 spiro atoms. The number of aromatic nitrogens is 2. The molecule has 1 aromatic rings. The maximum atomic E-state index is 5.56. The summed E-state index contributed by atoms with van der Waals surface area (Å²) in [6, 6.07) is 0. The predicted molar refractivity (Wildman–Crippen MR) is 53.4 cm³/mol. The molecule has 0 saturated heterocycles. The van der Waals surface area contributed by atoms with Crippen molar-refractivity contribution in [3.63, 3.8) is 0 Å². The first-order chi connectivity index (χ1) is 6.09. The zero-order chi connectivity index (χ0) is 9.84. The Bertz CT molecular complexity index is 262. The Morgan fingerprint density at radius 1 is 1.38 bits per heavy atom. The van der Waals surface area contributed by atoms with Crippen LogP contribution in [-0.4, -0.2) is 16.3 Å². The first-order valence-corrected chi connectivity index (χ1v) is 5.10. The normalized spacial score (nSPS) is 13.5. The lowest BCUT2D eigenvalue weighted by molar-refractivity contribution is 0.0232. The van der Waals surface area contributed by atoms with Crippen LogP contribution in [0.25, 0.3) is 0 Å². The highest BCUT2D eigenvalue weighted by Gasteiger charge is 2.08. The van der Waals surface area contributed by atoms with Crippen LogP contribution in [0.5, 0.6) is 0 Å². The number of ether oxygens (including phenoxy) is 1. The molecule has 4 nitrogen and oxygen atoms in total. The summed E-state index contributed by atoms with van der Waals surface area (Å²) in [6.07, 6.45) is 0.241. The molecule has 0 fully saturated rings. The standard InChI is InChI=1S/C8H15N3OS/c1-5(2)6(3)12-4-7-10-11-8(9)13-7/h5-6H,4H2,1-3H3,(H2,9,11). The molecular weight excluding hydrogens is 186 g/mol. The van der Waals surface area contributed by atoms with Gasteiger partial charge in [-0.05, 0) is 12.8 Å². The van der Waals surface area contributed by atoms with Crippen molar-refractivity contribution in [2.45, 2.75) is 33.5 Å². The Morgan fingerprint density at radius 2 is 2.08 bits per heavy atom. The molecule has 0 bridgehead atoms. The van der Waals surface area contributed by atoms with Crippen molar-refractivity contribution < 1.29 is 4.74 Å². The van der Waals surface area contributed by atoms with Crippen LogP contribution in [0.1, 0.15) is 25.8 Å². The third-order valence-corrected chi connectivity index (χ3v) is 2.62. The molecule has 1 atom stereocenters. The average molecular weight is 201 g/mol. The monoisotopic (exact) mass is 201 g/mol. The summed E-state index contributed by atoms with van der Waals surface area (Å²) in [5.74, 6) is 0.519. The fraction of sp³-hybridized carbons (Fsp3) is 0.750. The number of rotatable bonds is 4. The molecule has 1 heterocycles. The van der Waals surface area contributed by atoms with Crippen molar-refractivity contribution in [3.8, 4) is 0 Å². The van der Waals surface area contributed by atoms with E-state index in [0.717, 1.165) is 5.01 Å². The largest absolute Gasteiger partial charge is 0.374 e. The second kappa shape index (κ2) is 4.53. The molecule has 1 rings (SSSR count). The Hall–Kier alpha value is -0.680. The highest BCUT2D eigenvalue weighted by molar-refractivity contribution is 7.15. The van der Waals surface area contributed by atoms with Gasteiger partial charge in [0.25, 0.3) is 0 Å². The van der Waals surface area contributed by atoms with Gasteiger partial charge in [-0.1, -0.05) is 25.2 Å². The van der Waals surface area contributed by atoms with E-state index in [9.17, 15) is 0 Å². The smallest absolute Gasteiger partial charge is 0.203 e. The van der Waals surface area contributed by atoms with Crippen LogP contribution in [0.3, 0.4) is 0 Å². The van der Waals surface area contributed by atoms with Crippen molar-refractivity contribution in [2.75, 3.05) is 5.73 Å². The minimum absolute atomic E-state index is 0.241. The minimum atomic E-state index is 0.241. The molecule has 0 saturated carbocycles. The van der Waals surface area contributed by atoms with Gasteiger partial charge in [0, 0.05) is 0 Å². The van der Waals surface area contributed by atoms with Gasteiger partial charge in [0.15, 0.2) is 0 Å². The maximum Gasteiger partial charge on any atom is 0.203 e. The molecule has 0 aliphatic heterocycles. The number of nitrogens with zero attached hydrogens (tertiary/aromatic N) is 2. The van der Waals surface area contributed by atoms with Crippen LogP contribution in [0.4, 0.5) is 5.13 Å². The molecule has 0 aromatic carbocycles. The van der Waals surface area contributed by atoms with Gasteiger partial charge in [0.1, 0.15) is 11.6 Å². The van der Waals surface area contributed by atoms with Gasteiger partial charge in [-0.2, -0.15) is 0 Å². The van der Waals surface area contributed by atoms with Gasteiger partial charge in [-0.25, -0.2) is 0 Å². The zero-order valence-electron chi connectivity index (χ0n) is 8.15. The lowest BCUT2D eigenvalue weighted by atomic mass is 10.1. The van der Waals surface area contributed by atoms with Crippen LogP contribution < -0.4 is 5.73 Å². The van der Waals surface area contributed by atoms with E-state index in [1.165, 1.54) is 11.3 Å². The molecule has 74 valence electrons. The third-order valence-electron chi connectivity index (χ3n) is 1.89. The molecular formula is C8H15N3OS. The van der Waals surface area contributed by atoms with Gasteiger partial charge in [-0.15, -0.1) is 10.2 Å². The zero-order valence-corrected chi connectivity index (χ0v) is 8.97. The highest BCUT2D eigenvalue weighted by atomic mass is 32.1. The second-order valence-corrected chi connectivity index (χ2v) is 4.39. The topological polar surface area (TPSA) is 61.0 Å². The predicted octanol–water partition coefficient (Wildman–Crippen LogP) is 1.68. The fourth-order valence-corrected chi connectivity index (χ4v) is 1.25. The quantitative estimate of drug-likeness (QED) is 0.805. The summed E-state index contributed by atoms with van der Waals surface area (Å²) in [4.78, 5) is 0. The van der Waals surface area contributed by atoms with Crippen LogP contribution in [0.2, 0.25) is 0 Å². The number of nitrogens with two attached hydrogens (primary N) is 1. The molecule has 0 radical (unpaired) electrons. The van der Waals surface area contributed by atoms with E-state index in [1.807, 2.05) is 0 Å². The van der Waals surface area contributed by atoms with E-state index >= 15 is 0 Å². The van der Waals surface area contributed by atoms with Gasteiger partial charge < -0.3 is 10.5 Å². The lowest BCUT2D eigenvalue weighted by Gasteiger charge is -2.14. The van der Waals surface area contributed by atoms with Gasteiger partial charge in [0.05, 0.1) is 6.10 Å². The lowest BCUT2D eigenvalue weighted by Crippen LogP contribution is -2.14. The molecule has 1 unspecified atom stereocenters. The number of nitrogen functional groups attached to an aromatic ring is 1. The summed E-state index contributed by atoms with van der Waals surface area (Å²) < 4.78 is 5.56. The Labute approximate surface area is 82.1 Å². The third kappa shape index (κ3) is 3.28. The van der Waals surface area contributed by atoms with Crippen molar-refractivity contribution >= 4 is 16.5 Å². The SMILES string of the molecule is CC(C)C(C)OCc1nnc(N)s1. The van der Waals surface area contributed by atoms with Crippen molar-refractivity contribution in [1.82, 2.24) is 10.2 Å². The molecule has 0 amide bonds. The number of hydrogen-bond donors (Lipinski definition) is 1. The highest BCUT2D eigenvalue weighted by Crippen LogP contribution is 2.14. The molecule has 1 aromatic heterocycles. The first kappa shape index (κ1) is 10.4. The summed E-state index contributed by atoms with van der Waals surface area (Å²) in [5, 5.41) is 8.91. The Morgan fingerprint density at radius 3 is 2.54 bits per heavy atom. The van der Waals surface area contributed by atoms with Gasteiger partial charge in [0.2, 0.25) is 5.13 Å². The minimum Gasteiger partial charge on any atom is -0.374 e. The first-order valence-electron chi connectivity index (χ1n) is 4.29. The molecule has 2 N–H and O–H groups in total. The summed E-state index contributed by atoms with van der Waals surface area (Å²) in [5.41, 5.74) is 5.43. The van der Waals surface area contributed by atoms with Gasteiger partial charge >= 0.3 is 0 Å². The van der Waals surface area contributed by atoms with E-state index in [2.05, 4.69) is 31.0 Å². The van der Waals surface area contributed by atoms with E-state index in [1.54, 1.807) is 0 Å². The molecule has 0 aliphatic carbocycles. The fourth-order valence-electron chi connectivity index (χ4n) is 0.720. The van der Waals surface area contributed by atoms with Crippen molar-refractivity contribution in [3.05, 3.63) is 5.01 Å². The van der Waals surface area contributed by atoms with Crippen LogP contribution in [0, 0.1) is 5.92 Å². The molecule has 5 heteroatoms. The Balaban J connectivity index is 2.35. The molecule has 0 aliphatic rings. The van der Waals surface area contributed by atoms with Crippen LogP contribution in [0.15, 0.2) is 0 Å². The van der Waals surface area contributed by atoms with Gasteiger partial charge in [-0.3, -0.25) is 0 Å². The number of hydrogen-bond acceptors (Lipinski definition) is 5. The van der Waals surface area contributed by atoms with E-state index in [0.29, 0.717) is 17.7 Å². The van der Waals surface area contributed by atoms with Crippen molar-refractivity contribution in [2.24, 2.45) is 5.92 Å². The van der Waals surface area contributed by atoms with Crippen LogP contribution in [-0.2, 0) is 11.3 Å². The second-order valence-electron chi connectivity index (χ2n) is 3.29. The average Bonchev–Trinajstić information content (AvgIpc) is 2.47. The molecule has 13 heavy (non-hydrogen) atoms. The Kier molecular flexibility index (Phi) is 3.62. The van der Waals surface area contributed by atoms with E-state index in [4.69, 9.17) is 10.5 Å².